The van der Waals surface area contributed by atoms with Crippen molar-refractivity contribution in [2.45, 2.75) is 77.0 Å². The maximum absolute atomic E-state index is 11.1. The van der Waals surface area contributed by atoms with E-state index in [1.165, 1.54) is 11.1 Å². The number of carbonyl (C=O) groups excluding carboxylic acids is 1. The summed E-state index contributed by atoms with van der Waals surface area (Å²) in [6.07, 6.45) is 7.72. The number of unbranched alkanes of at least 4 members (excludes halogenated alkanes) is 2. The molecule has 0 aromatic heterocycles. The molecule has 0 fully saturated rings. The zero-order valence-electron chi connectivity index (χ0n) is 22.1. The van der Waals surface area contributed by atoms with Gasteiger partial charge in [-0.15, -0.1) is 0 Å². The number of methoxy groups -OCH3 is 1. The summed E-state index contributed by atoms with van der Waals surface area (Å²) in [5, 5.41) is 9.08. The monoisotopic (exact) mass is 493 g/mol. The third-order valence-electron chi connectivity index (χ3n) is 7.21. The van der Waals surface area contributed by atoms with E-state index in [4.69, 9.17) is 20.3 Å². The van der Waals surface area contributed by atoms with Crippen LogP contribution in [0.3, 0.4) is 0 Å². The number of carboxylic acid groups (broad SMARTS) is 1. The van der Waals surface area contributed by atoms with E-state index in [9.17, 15) is 9.59 Å². The van der Waals surface area contributed by atoms with Crippen molar-refractivity contribution in [3.05, 3.63) is 53.1 Å². The third-order valence-corrected chi connectivity index (χ3v) is 7.21. The Bertz CT molecular complexity index is 1150. The summed E-state index contributed by atoms with van der Waals surface area (Å²) in [6.45, 7) is 9.66. The molecule has 1 aliphatic carbocycles. The molecule has 2 aromatic rings. The SMILES string of the molecule is COc1ccc(C=CC(=O)O)cc1-c1cc2c(cc1OCCCCCC(N)=O)C(C)(C)CCC2(C)C. The van der Waals surface area contributed by atoms with Crippen LogP contribution in [0.1, 0.15) is 82.9 Å². The molecule has 1 amide bonds. The van der Waals surface area contributed by atoms with Gasteiger partial charge in [0.2, 0.25) is 5.91 Å². The lowest BCUT2D eigenvalue weighted by atomic mass is 9.62. The fourth-order valence-electron chi connectivity index (χ4n) is 4.89. The minimum absolute atomic E-state index is 0.0148. The number of carboxylic acids is 1. The molecule has 0 saturated carbocycles. The minimum Gasteiger partial charge on any atom is -0.496 e. The normalized spacial score (nSPS) is 15.9. The number of hydrogen-bond donors (Lipinski definition) is 2. The van der Waals surface area contributed by atoms with Gasteiger partial charge >= 0.3 is 5.97 Å². The zero-order valence-corrected chi connectivity index (χ0v) is 22.1. The predicted octanol–water partition coefficient (Wildman–Crippen LogP) is 6.23. The molecule has 0 radical (unpaired) electrons. The van der Waals surface area contributed by atoms with E-state index in [2.05, 4.69) is 39.8 Å². The van der Waals surface area contributed by atoms with Crippen molar-refractivity contribution in [3.8, 4) is 22.6 Å². The maximum atomic E-state index is 11.1. The number of fused-ring (bicyclic) bond motifs is 1. The summed E-state index contributed by atoms with van der Waals surface area (Å²) in [4.78, 5) is 22.1. The highest BCUT2D eigenvalue weighted by Crippen LogP contribution is 2.50. The quantitative estimate of drug-likeness (QED) is 0.285. The summed E-state index contributed by atoms with van der Waals surface area (Å²) in [6, 6.07) is 10.1. The Kier molecular flexibility index (Phi) is 8.49. The molecule has 0 bridgehead atoms. The number of nitrogens with two attached hydrogens (primary N) is 1. The molecule has 194 valence electrons. The van der Waals surface area contributed by atoms with Gasteiger partial charge in [0.05, 0.1) is 13.7 Å². The molecular weight excluding hydrogens is 454 g/mol. The number of ether oxygens (including phenoxy) is 2. The molecule has 6 heteroatoms. The van der Waals surface area contributed by atoms with E-state index in [0.29, 0.717) is 18.8 Å². The topological polar surface area (TPSA) is 98.8 Å². The predicted molar refractivity (Wildman–Crippen MR) is 144 cm³/mol. The average Bonchev–Trinajstić information content (AvgIpc) is 2.82. The highest BCUT2D eigenvalue weighted by Gasteiger charge is 2.38. The van der Waals surface area contributed by atoms with Gasteiger partial charge in [0, 0.05) is 23.6 Å². The summed E-state index contributed by atoms with van der Waals surface area (Å²) in [7, 11) is 1.64. The van der Waals surface area contributed by atoms with Gasteiger partial charge < -0.3 is 20.3 Å². The first-order chi connectivity index (χ1) is 16.9. The van der Waals surface area contributed by atoms with E-state index in [1.807, 2.05) is 18.2 Å². The second-order valence-corrected chi connectivity index (χ2v) is 10.9. The highest BCUT2D eigenvalue weighted by atomic mass is 16.5. The van der Waals surface area contributed by atoms with Crippen LogP contribution in [0, 0.1) is 0 Å². The van der Waals surface area contributed by atoms with E-state index >= 15 is 0 Å². The smallest absolute Gasteiger partial charge is 0.328 e. The van der Waals surface area contributed by atoms with E-state index < -0.39 is 5.97 Å². The lowest BCUT2D eigenvalue weighted by Gasteiger charge is -2.42. The van der Waals surface area contributed by atoms with E-state index in [0.717, 1.165) is 60.6 Å². The summed E-state index contributed by atoms with van der Waals surface area (Å²) in [5.41, 5.74) is 10.4. The first-order valence-electron chi connectivity index (χ1n) is 12.6. The van der Waals surface area contributed by atoms with Crippen LogP contribution in [0.2, 0.25) is 0 Å². The molecule has 1 aliphatic rings. The van der Waals surface area contributed by atoms with Crippen LogP contribution in [0.15, 0.2) is 36.4 Å². The van der Waals surface area contributed by atoms with Gasteiger partial charge in [0.25, 0.3) is 0 Å². The molecule has 0 aliphatic heterocycles. The number of primary amides is 1. The largest absolute Gasteiger partial charge is 0.496 e. The summed E-state index contributed by atoms with van der Waals surface area (Å²) >= 11 is 0. The first kappa shape index (κ1) is 27.3. The standard InChI is InChI=1S/C30H39NO5/c1-29(2)14-15-30(3,4)24-19-26(36-16-8-6-7-9-27(31)32)22(18-23(24)29)21-17-20(11-13-28(33)34)10-12-25(21)35-5/h10-13,17-19H,6-9,14-16H2,1-5H3,(H2,31,32)(H,33,34). The molecule has 2 aromatic carbocycles. The van der Waals surface area contributed by atoms with Crippen molar-refractivity contribution in [3.63, 3.8) is 0 Å². The number of aliphatic carboxylic acids is 1. The molecule has 6 nitrogen and oxygen atoms in total. The molecule has 3 N–H and O–H groups in total. The first-order valence-corrected chi connectivity index (χ1v) is 12.6. The van der Waals surface area contributed by atoms with Crippen molar-refractivity contribution in [1.82, 2.24) is 0 Å². The van der Waals surface area contributed by atoms with Gasteiger partial charge in [0.1, 0.15) is 11.5 Å². The van der Waals surface area contributed by atoms with Crippen LogP contribution in [0.4, 0.5) is 0 Å². The number of rotatable bonds is 11. The van der Waals surface area contributed by atoms with Crippen LogP contribution in [0.25, 0.3) is 17.2 Å². The second-order valence-electron chi connectivity index (χ2n) is 10.9. The fraction of sp³-hybridized carbons (Fsp3) is 0.467. The number of amides is 1. The summed E-state index contributed by atoms with van der Waals surface area (Å²) in [5.74, 6) is 0.209. The van der Waals surface area contributed by atoms with Gasteiger partial charge in [-0.2, -0.15) is 0 Å². The van der Waals surface area contributed by atoms with Crippen molar-refractivity contribution in [2.75, 3.05) is 13.7 Å². The molecule has 0 atom stereocenters. The molecule has 0 heterocycles. The molecule has 0 saturated heterocycles. The zero-order chi connectivity index (χ0) is 26.5. The van der Waals surface area contributed by atoms with Crippen molar-refractivity contribution in [1.29, 1.82) is 0 Å². The lowest BCUT2D eigenvalue weighted by molar-refractivity contribution is -0.131. The van der Waals surface area contributed by atoms with Gasteiger partial charge in [-0.25, -0.2) is 4.79 Å². The van der Waals surface area contributed by atoms with Crippen LogP contribution >= 0.6 is 0 Å². The second kappa shape index (κ2) is 11.2. The minimum atomic E-state index is -0.995. The van der Waals surface area contributed by atoms with E-state index in [-0.39, 0.29) is 16.7 Å². The van der Waals surface area contributed by atoms with Crippen LogP contribution in [-0.4, -0.2) is 30.7 Å². The number of carbonyl (C=O) groups is 2. The molecular formula is C30H39NO5. The Hall–Kier alpha value is -3.28. The number of hydrogen-bond acceptors (Lipinski definition) is 4. The van der Waals surface area contributed by atoms with Gasteiger partial charge in [-0.1, -0.05) is 33.8 Å². The van der Waals surface area contributed by atoms with E-state index in [1.54, 1.807) is 13.2 Å². The van der Waals surface area contributed by atoms with Crippen LogP contribution < -0.4 is 15.2 Å². The Morgan fingerprint density at radius 1 is 0.944 bits per heavy atom. The molecule has 36 heavy (non-hydrogen) atoms. The van der Waals surface area contributed by atoms with Crippen molar-refractivity contribution < 1.29 is 24.2 Å². The highest BCUT2D eigenvalue weighted by molar-refractivity contribution is 5.86. The van der Waals surface area contributed by atoms with Crippen molar-refractivity contribution in [2.24, 2.45) is 5.73 Å². The summed E-state index contributed by atoms with van der Waals surface area (Å²) < 4.78 is 12.1. The maximum Gasteiger partial charge on any atom is 0.328 e. The average molecular weight is 494 g/mol. The fourth-order valence-corrected chi connectivity index (χ4v) is 4.89. The Balaban J connectivity index is 2.08. The number of benzene rings is 2. The van der Waals surface area contributed by atoms with Gasteiger partial charge in [-0.05, 0) is 90.0 Å². The van der Waals surface area contributed by atoms with Crippen LogP contribution in [0.5, 0.6) is 11.5 Å². The third kappa shape index (κ3) is 6.48. The van der Waals surface area contributed by atoms with Crippen molar-refractivity contribution >= 4 is 18.0 Å². The Labute approximate surface area is 214 Å². The Morgan fingerprint density at radius 2 is 1.58 bits per heavy atom. The van der Waals surface area contributed by atoms with Crippen LogP contribution in [-0.2, 0) is 20.4 Å². The van der Waals surface area contributed by atoms with Gasteiger partial charge in [0.15, 0.2) is 0 Å². The van der Waals surface area contributed by atoms with Gasteiger partial charge in [-0.3, -0.25) is 4.79 Å². The lowest BCUT2D eigenvalue weighted by Crippen LogP contribution is -2.34. The molecule has 3 rings (SSSR count). The molecule has 0 unspecified atom stereocenters. The molecule has 0 spiro atoms. The Morgan fingerprint density at radius 3 is 2.19 bits per heavy atom.